The van der Waals surface area contributed by atoms with Crippen molar-refractivity contribution >= 4 is 0 Å². The van der Waals surface area contributed by atoms with E-state index < -0.39 is 0 Å². The smallest absolute Gasteiger partial charge is 0.0956 e. The van der Waals surface area contributed by atoms with E-state index in [4.69, 9.17) is 5.11 Å². The van der Waals surface area contributed by atoms with Crippen LogP contribution in [0.2, 0.25) is 0 Å². The van der Waals surface area contributed by atoms with Crippen molar-refractivity contribution in [3.8, 4) is 0 Å². The van der Waals surface area contributed by atoms with Crippen LogP contribution in [0.4, 0.5) is 0 Å². The summed E-state index contributed by atoms with van der Waals surface area (Å²) >= 11 is 0. The minimum absolute atomic E-state index is 0.103. The van der Waals surface area contributed by atoms with Crippen LogP contribution in [0.15, 0.2) is 6.07 Å². The Morgan fingerprint density at radius 3 is 1.93 bits per heavy atom. The number of hydrogen-bond acceptors (Lipinski definition) is 2. The highest BCUT2D eigenvalue weighted by Crippen LogP contribution is 2.22. The fourth-order valence-electron chi connectivity index (χ4n) is 1.86. The Balaban J connectivity index is 3.15. The Morgan fingerprint density at radius 2 is 1.53 bits per heavy atom. The van der Waals surface area contributed by atoms with Gasteiger partial charge in [0.15, 0.2) is 0 Å². The maximum atomic E-state index is 9.04. The summed E-state index contributed by atoms with van der Waals surface area (Å²) in [5.41, 5.74) is 6.71. The molecule has 0 aliphatic carbocycles. The van der Waals surface area contributed by atoms with Crippen molar-refractivity contribution in [2.75, 3.05) is 13.8 Å². The summed E-state index contributed by atoms with van der Waals surface area (Å²) in [6.45, 7) is 9.52. The average molecular weight is 207 g/mol. The SMILES string of the molecule is Cc1cc(C)c(C)c(CN(C)CO)c1C. The van der Waals surface area contributed by atoms with E-state index in [1.165, 1.54) is 27.8 Å². The number of rotatable bonds is 3. The highest BCUT2D eigenvalue weighted by atomic mass is 16.3. The third-order valence-corrected chi connectivity index (χ3v) is 3.19. The molecule has 0 aromatic heterocycles. The summed E-state index contributed by atoms with van der Waals surface area (Å²) in [6, 6.07) is 2.23. The van der Waals surface area contributed by atoms with Gasteiger partial charge in [0.05, 0.1) is 6.73 Å². The highest BCUT2D eigenvalue weighted by Gasteiger charge is 2.09. The molecule has 0 saturated carbocycles. The molecule has 1 rings (SSSR count). The molecule has 1 aromatic carbocycles. The Hall–Kier alpha value is -0.860. The summed E-state index contributed by atoms with van der Waals surface area (Å²) in [5.74, 6) is 0. The number of benzene rings is 1. The summed E-state index contributed by atoms with van der Waals surface area (Å²) < 4.78 is 0. The second-order valence-corrected chi connectivity index (χ2v) is 4.39. The molecule has 1 N–H and O–H groups in total. The number of aliphatic hydroxyl groups excluding tert-OH is 1. The van der Waals surface area contributed by atoms with E-state index in [0.29, 0.717) is 0 Å². The summed E-state index contributed by atoms with van der Waals surface area (Å²) in [4.78, 5) is 1.91. The molecule has 0 radical (unpaired) electrons. The Bertz CT molecular complexity index is 332. The monoisotopic (exact) mass is 207 g/mol. The minimum Gasteiger partial charge on any atom is -0.381 e. The molecule has 84 valence electrons. The van der Waals surface area contributed by atoms with Gasteiger partial charge in [-0.3, -0.25) is 4.90 Å². The van der Waals surface area contributed by atoms with Gasteiger partial charge in [0.25, 0.3) is 0 Å². The van der Waals surface area contributed by atoms with E-state index in [-0.39, 0.29) is 6.73 Å². The Morgan fingerprint density at radius 1 is 1.07 bits per heavy atom. The number of nitrogens with zero attached hydrogens (tertiary/aromatic N) is 1. The number of aryl methyl sites for hydroxylation is 2. The quantitative estimate of drug-likeness (QED) is 0.769. The molecular formula is C13H21NO. The molecule has 0 saturated heterocycles. The molecular weight excluding hydrogens is 186 g/mol. The first-order chi connectivity index (χ1) is 6.97. The lowest BCUT2D eigenvalue weighted by Gasteiger charge is -2.20. The predicted octanol–water partition coefficient (Wildman–Crippen LogP) is 2.30. The van der Waals surface area contributed by atoms with Crippen LogP contribution in [-0.4, -0.2) is 23.8 Å². The van der Waals surface area contributed by atoms with Gasteiger partial charge in [0.2, 0.25) is 0 Å². The Labute approximate surface area is 92.5 Å². The van der Waals surface area contributed by atoms with E-state index in [0.717, 1.165) is 6.54 Å². The molecule has 1 aromatic rings. The fraction of sp³-hybridized carbons (Fsp3) is 0.538. The van der Waals surface area contributed by atoms with Crippen LogP contribution in [-0.2, 0) is 6.54 Å². The minimum atomic E-state index is 0.103. The molecule has 0 aliphatic heterocycles. The lowest BCUT2D eigenvalue weighted by atomic mass is 9.94. The van der Waals surface area contributed by atoms with Crippen LogP contribution in [0.3, 0.4) is 0 Å². The molecule has 0 atom stereocenters. The Kier molecular flexibility index (Phi) is 3.89. The van der Waals surface area contributed by atoms with E-state index >= 15 is 0 Å². The summed E-state index contributed by atoms with van der Waals surface area (Å²) in [6.07, 6.45) is 0. The normalized spacial score (nSPS) is 11.1. The van der Waals surface area contributed by atoms with E-state index in [2.05, 4.69) is 33.8 Å². The largest absolute Gasteiger partial charge is 0.381 e. The van der Waals surface area contributed by atoms with Gasteiger partial charge < -0.3 is 5.11 Å². The van der Waals surface area contributed by atoms with Gasteiger partial charge in [0.1, 0.15) is 0 Å². The maximum Gasteiger partial charge on any atom is 0.0956 e. The lowest BCUT2D eigenvalue weighted by molar-refractivity contribution is 0.126. The van der Waals surface area contributed by atoms with E-state index in [1.54, 1.807) is 0 Å². The van der Waals surface area contributed by atoms with Crippen molar-refractivity contribution in [1.82, 2.24) is 4.90 Å². The first kappa shape index (κ1) is 12.2. The molecule has 0 fully saturated rings. The van der Waals surface area contributed by atoms with Crippen LogP contribution in [0.5, 0.6) is 0 Å². The van der Waals surface area contributed by atoms with Crippen LogP contribution in [0, 0.1) is 27.7 Å². The van der Waals surface area contributed by atoms with Gasteiger partial charge in [-0.15, -0.1) is 0 Å². The zero-order chi connectivity index (χ0) is 11.6. The fourth-order valence-corrected chi connectivity index (χ4v) is 1.86. The van der Waals surface area contributed by atoms with Crippen molar-refractivity contribution in [1.29, 1.82) is 0 Å². The molecule has 0 aliphatic rings. The first-order valence-corrected chi connectivity index (χ1v) is 5.33. The van der Waals surface area contributed by atoms with Crippen molar-refractivity contribution < 1.29 is 5.11 Å². The molecule has 2 heteroatoms. The lowest BCUT2D eigenvalue weighted by Crippen LogP contribution is -2.20. The predicted molar refractivity (Wildman–Crippen MR) is 63.9 cm³/mol. The van der Waals surface area contributed by atoms with Gasteiger partial charge in [-0.05, 0) is 62.6 Å². The van der Waals surface area contributed by atoms with Gasteiger partial charge in [0, 0.05) is 6.54 Å². The zero-order valence-corrected chi connectivity index (χ0v) is 10.4. The molecule has 0 spiro atoms. The van der Waals surface area contributed by atoms with E-state index in [9.17, 15) is 0 Å². The second-order valence-electron chi connectivity index (χ2n) is 4.39. The zero-order valence-electron chi connectivity index (χ0n) is 10.4. The van der Waals surface area contributed by atoms with E-state index in [1.807, 2.05) is 11.9 Å². The van der Waals surface area contributed by atoms with Gasteiger partial charge >= 0.3 is 0 Å². The molecule has 0 unspecified atom stereocenters. The average Bonchev–Trinajstić information content (AvgIpc) is 2.21. The number of aliphatic hydroxyl groups is 1. The molecule has 0 bridgehead atoms. The molecule has 2 nitrogen and oxygen atoms in total. The maximum absolute atomic E-state index is 9.04. The first-order valence-electron chi connectivity index (χ1n) is 5.33. The van der Waals surface area contributed by atoms with Crippen molar-refractivity contribution in [3.05, 3.63) is 33.9 Å². The van der Waals surface area contributed by atoms with Crippen LogP contribution in [0.1, 0.15) is 27.8 Å². The molecule has 15 heavy (non-hydrogen) atoms. The third-order valence-electron chi connectivity index (χ3n) is 3.19. The summed E-state index contributed by atoms with van der Waals surface area (Å²) in [5, 5.41) is 9.04. The molecule has 0 amide bonds. The van der Waals surface area contributed by atoms with Gasteiger partial charge in [-0.1, -0.05) is 6.07 Å². The van der Waals surface area contributed by atoms with Crippen LogP contribution >= 0.6 is 0 Å². The topological polar surface area (TPSA) is 23.5 Å². The van der Waals surface area contributed by atoms with Crippen molar-refractivity contribution in [3.63, 3.8) is 0 Å². The molecule has 0 heterocycles. The third kappa shape index (κ3) is 2.58. The van der Waals surface area contributed by atoms with Crippen molar-refractivity contribution in [2.24, 2.45) is 0 Å². The summed E-state index contributed by atoms with van der Waals surface area (Å²) in [7, 11) is 1.93. The van der Waals surface area contributed by atoms with Crippen LogP contribution in [0.25, 0.3) is 0 Å². The standard InChI is InChI=1S/C13H21NO/c1-9-6-10(2)12(4)13(11(9)3)7-14(5)8-15/h6,15H,7-8H2,1-5H3. The number of hydrogen-bond donors (Lipinski definition) is 1. The second kappa shape index (κ2) is 4.77. The highest BCUT2D eigenvalue weighted by molar-refractivity contribution is 5.43. The van der Waals surface area contributed by atoms with Crippen molar-refractivity contribution in [2.45, 2.75) is 34.2 Å². The van der Waals surface area contributed by atoms with Gasteiger partial charge in [-0.25, -0.2) is 0 Å². The van der Waals surface area contributed by atoms with Crippen LogP contribution < -0.4 is 0 Å². The van der Waals surface area contributed by atoms with Gasteiger partial charge in [-0.2, -0.15) is 0 Å².